The first kappa shape index (κ1) is 19.5. The summed E-state index contributed by atoms with van der Waals surface area (Å²) in [5.74, 6) is -0.271. The van der Waals surface area contributed by atoms with Crippen molar-refractivity contribution >= 4 is 12.0 Å². The van der Waals surface area contributed by atoms with E-state index in [1.165, 1.54) is 26.4 Å². The maximum atomic E-state index is 11.4. The van der Waals surface area contributed by atoms with Crippen molar-refractivity contribution in [3.8, 4) is 11.5 Å². The maximum Gasteiger partial charge on any atom is 0.335 e. The van der Waals surface area contributed by atoms with E-state index in [0.717, 1.165) is 11.1 Å². The standard InChI is InChI=1S/C20H22O6/c1-23-13-25-18-11-16(20(21)22)12-19(26-14-24-2)17(18)10-6-9-15-7-4-3-5-8-15/h3-9,11-12H,10,13-14H2,1-2H3,(H,21,22)/b9-6-. The maximum absolute atomic E-state index is 11.4. The van der Waals surface area contributed by atoms with E-state index in [1.54, 1.807) is 0 Å². The zero-order chi connectivity index (χ0) is 18.8. The van der Waals surface area contributed by atoms with Gasteiger partial charge in [0.2, 0.25) is 0 Å². The van der Waals surface area contributed by atoms with Crippen molar-refractivity contribution in [3.63, 3.8) is 0 Å². The van der Waals surface area contributed by atoms with Crippen LogP contribution in [0, 0.1) is 0 Å². The van der Waals surface area contributed by atoms with Gasteiger partial charge in [0.05, 0.1) is 5.56 Å². The van der Waals surface area contributed by atoms with Crippen LogP contribution in [0.3, 0.4) is 0 Å². The van der Waals surface area contributed by atoms with E-state index in [0.29, 0.717) is 17.9 Å². The van der Waals surface area contributed by atoms with E-state index in [2.05, 4.69) is 0 Å². The topological polar surface area (TPSA) is 74.2 Å². The van der Waals surface area contributed by atoms with Crippen molar-refractivity contribution in [3.05, 3.63) is 65.2 Å². The minimum absolute atomic E-state index is 0.00217. The molecule has 2 rings (SSSR count). The Hall–Kier alpha value is -2.83. The quantitative estimate of drug-likeness (QED) is 0.654. The first-order valence-corrected chi connectivity index (χ1v) is 8.01. The second-order valence-corrected chi connectivity index (χ2v) is 5.38. The number of carboxylic acid groups (broad SMARTS) is 1. The second-order valence-electron chi connectivity index (χ2n) is 5.38. The molecule has 0 radical (unpaired) electrons. The molecule has 2 aromatic carbocycles. The number of carbonyl (C=O) groups is 1. The molecule has 0 saturated carbocycles. The average Bonchev–Trinajstić information content (AvgIpc) is 2.66. The molecule has 0 amide bonds. The molecular weight excluding hydrogens is 336 g/mol. The van der Waals surface area contributed by atoms with E-state index in [1.807, 2.05) is 42.5 Å². The van der Waals surface area contributed by atoms with Crippen LogP contribution in [0.25, 0.3) is 6.08 Å². The molecule has 6 heteroatoms. The first-order valence-electron chi connectivity index (χ1n) is 8.01. The molecule has 0 heterocycles. The van der Waals surface area contributed by atoms with Crippen LogP contribution < -0.4 is 9.47 Å². The van der Waals surface area contributed by atoms with Crippen LogP contribution in [0.15, 0.2) is 48.5 Å². The highest BCUT2D eigenvalue weighted by molar-refractivity contribution is 5.89. The molecule has 2 aromatic rings. The van der Waals surface area contributed by atoms with Crippen LogP contribution >= 0.6 is 0 Å². The Labute approximate surface area is 152 Å². The van der Waals surface area contributed by atoms with Gasteiger partial charge in [0, 0.05) is 19.8 Å². The Morgan fingerprint density at radius 2 is 1.58 bits per heavy atom. The summed E-state index contributed by atoms with van der Waals surface area (Å²) >= 11 is 0. The minimum atomic E-state index is -1.07. The Balaban J connectivity index is 2.34. The summed E-state index contributed by atoms with van der Waals surface area (Å²) in [4.78, 5) is 11.4. The highest BCUT2D eigenvalue weighted by Crippen LogP contribution is 2.32. The molecule has 0 fully saturated rings. The van der Waals surface area contributed by atoms with Gasteiger partial charge in [-0.1, -0.05) is 42.5 Å². The molecule has 0 atom stereocenters. The van der Waals surface area contributed by atoms with Crippen LogP contribution in [-0.4, -0.2) is 38.9 Å². The number of methoxy groups -OCH3 is 2. The van der Waals surface area contributed by atoms with Crippen LogP contribution in [0.2, 0.25) is 0 Å². The van der Waals surface area contributed by atoms with Crippen LogP contribution in [0.1, 0.15) is 21.5 Å². The molecule has 1 N–H and O–H groups in total. The van der Waals surface area contributed by atoms with Crippen LogP contribution in [0.4, 0.5) is 0 Å². The highest BCUT2D eigenvalue weighted by atomic mass is 16.7. The van der Waals surface area contributed by atoms with Gasteiger partial charge in [-0.25, -0.2) is 4.79 Å². The largest absolute Gasteiger partial charge is 0.478 e. The van der Waals surface area contributed by atoms with Crippen molar-refractivity contribution in [2.45, 2.75) is 6.42 Å². The molecule has 0 bridgehead atoms. The monoisotopic (exact) mass is 358 g/mol. The summed E-state index contributed by atoms with van der Waals surface area (Å²) in [6, 6.07) is 12.8. The molecule has 0 aromatic heterocycles. The van der Waals surface area contributed by atoms with E-state index < -0.39 is 5.97 Å². The summed E-state index contributed by atoms with van der Waals surface area (Å²) in [6.45, 7) is 0.00434. The van der Waals surface area contributed by atoms with Gasteiger partial charge in [-0.2, -0.15) is 0 Å². The molecule has 138 valence electrons. The van der Waals surface area contributed by atoms with E-state index in [4.69, 9.17) is 18.9 Å². The Morgan fingerprint density at radius 3 is 2.08 bits per heavy atom. The predicted molar refractivity (Wildman–Crippen MR) is 97.6 cm³/mol. The minimum Gasteiger partial charge on any atom is -0.478 e. The molecule has 0 aliphatic carbocycles. The third-order valence-corrected chi connectivity index (χ3v) is 3.51. The normalized spacial score (nSPS) is 10.8. The fourth-order valence-corrected chi connectivity index (χ4v) is 2.32. The van der Waals surface area contributed by atoms with Gasteiger partial charge in [0.25, 0.3) is 0 Å². The summed E-state index contributed by atoms with van der Waals surface area (Å²) in [5.41, 5.74) is 1.85. The lowest BCUT2D eigenvalue weighted by Crippen LogP contribution is -2.08. The van der Waals surface area contributed by atoms with E-state index in [9.17, 15) is 9.90 Å². The van der Waals surface area contributed by atoms with Crippen molar-refractivity contribution < 1.29 is 28.8 Å². The van der Waals surface area contributed by atoms with Crippen LogP contribution in [-0.2, 0) is 15.9 Å². The summed E-state index contributed by atoms with van der Waals surface area (Å²) in [6.07, 6.45) is 4.43. The van der Waals surface area contributed by atoms with Gasteiger partial charge in [0.1, 0.15) is 11.5 Å². The lowest BCUT2D eigenvalue weighted by atomic mass is 10.0. The lowest BCUT2D eigenvalue weighted by molar-refractivity contribution is 0.0443. The average molecular weight is 358 g/mol. The Bertz CT molecular complexity index is 710. The van der Waals surface area contributed by atoms with Gasteiger partial charge in [-0.15, -0.1) is 0 Å². The van der Waals surface area contributed by atoms with Crippen LogP contribution in [0.5, 0.6) is 11.5 Å². The molecule has 6 nitrogen and oxygen atoms in total. The fraction of sp³-hybridized carbons (Fsp3) is 0.250. The smallest absolute Gasteiger partial charge is 0.335 e. The number of rotatable bonds is 10. The number of hydrogen-bond acceptors (Lipinski definition) is 5. The fourth-order valence-electron chi connectivity index (χ4n) is 2.32. The third kappa shape index (κ3) is 5.61. The van der Waals surface area contributed by atoms with Gasteiger partial charge in [-0.3, -0.25) is 0 Å². The van der Waals surface area contributed by atoms with Crippen molar-refractivity contribution in [2.75, 3.05) is 27.8 Å². The van der Waals surface area contributed by atoms with E-state index in [-0.39, 0.29) is 19.1 Å². The zero-order valence-electron chi connectivity index (χ0n) is 14.8. The molecule has 0 aliphatic heterocycles. The summed E-state index contributed by atoms with van der Waals surface area (Å²) in [7, 11) is 3.00. The Morgan fingerprint density at radius 1 is 1.00 bits per heavy atom. The molecule has 0 spiro atoms. The summed E-state index contributed by atoms with van der Waals surface area (Å²) < 4.78 is 21.0. The molecule has 0 unspecified atom stereocenters. The third-order valence-electron chi connectivity index (χ3n) is 3.51. The predicted octanol–water partition coefficient (Wildman–Crippen LogP) is 3.61. The second kappa shape index (κ2) is 10.2. The molecule has 0 aliphatic rings. The SMILES string of the molecule is COCOc1cc(C(=O)O)cc(OCOC)c1C/C=C\c1ccccc1. The number of aromatic carboxylic acids is 1. The van der Waals surface area contributed by atoms with Gasteiger partial charge in [-0.05, 0) is 24.1 Å². The Kier molecular flexibility index (Phi) is 7.67. The van der Waals surface area contributed by atoms with Crippen molar-refractivity contribution in [1.82, 2.24) is 0 Å². The van der Waals surface area contributed by atoms with Gasteiger partial charge >= 0.3 is 5.97 Å². The summed E-state index contributed by atoms with van der Waals surface area (Å²) in [5, 5.41) is 9.31. The van der Waals surface area contributed by atoms with Crippen molar-refractivity contribution in [2.24, 2.45) is 0 Å². The molecular formula is C20H22O6. The number of carboxylic acids is 1. The van der Waals surface area contributed by atoms with Gasteiger partial charge in [0.15, 0.2) is 13.6 Å². The molecule has 26 heavy (non-hydrogen) atoms. The number of benzene rings is 2. The first-order chi connectivity index (χ1) is 12.7. The lowest BCUT2D eigenvalue weighted by Gasteiger charge is -2.16. The van der Waals surface area contributed by atoms with E-state index >= 15 is 0 Å². The highest BCUT2D eigenvalue weighted by Gasteiger charge is 2.16. The van der Waals surface area contributed by atoms with Gasteiger partial charge < -0.3 is 24.1 Å². The number of ether oxygens (including phenoxy) is 4. The molecule has 0 saturated heterocycles. The number of hydrogen-bond donors (Lipinski definition) is 1. The van der Waals surface area contributed by atoms with Crippen molar-refractivity contribution in [1.29, 1.82) is 0 Å². The number of allylic oxidation sites excluding steroid dienone is 1. The zero-order valence-corrected chi connectivity index (χ0v) is 14.8.